The van der Waals surface area contributed by atoms with Crippen molar-refractivity contribution in [1.29, 1.82) is 0 Å². The fraction of sp³-hybridized carbons (Fsp3) is 0.400. The first kappa shape index (κ1) is 13.0. The van der Waals surface area contributed by atoms with Gasteiger partial charge in [-0.05, 0) is 18.6 Å². The maximum absolute atomic E-state index is 11.7. The van der Waals surface area contributed by atoms with Crippen LogP contribution >= 0.6 is 0 Å². The zero-order valence-electron chi connectivity index (χ0n) is 9.01. The van der Waals surface area contributed by atoms with Crippen LogP contribution in [-0.4, -0.2) is 33.8 Å². The Morgan fingerprint density at radius 2 is 2.06 bits per heavy atom. The molecule has 16 heavy (non-hydrogen) atoms. The summed E-state index contributed by atoms with van der Waals surface area (Å²) in [5, 5.41) is 9.40. The Kier molecular flexibility index (Phi) is 4.72. The van der Waals surface area contributed by atoms with Gasteiger partial charge in [0.1, 0.15) is 10.6 Å². The van der Waals surface area contributed by atoms with Gasteiger partial charge in [-0.15, -0.1) is 0 Å². The molecule has 0 heterocycles. The molecule has 0 aliphatic heterocycles. The lowest BCUT2D eigenvalue weighted by Crippen LogP contribution is -2.25. The minimum absolute atomic E-state index is 0.104. The number of aromatic hydroxyl groups is 1. The van der Waals surface area contributed by atoms with Crippen molar-refractivity contribution in [3.63, 3.8) is 0 Å². The first-order valence-corrected chi connectivity index (χ1v) is 6.33. The van der Waals surface area contributed by atoms with Crippen LogP contribution in [0, 0.1) is 0 Å². The molecule has 0 amide bonds. The lowest BCUT2D eigenvalue weighted by atomic mass is 10.3. The lowest BCUT2D eigenvalue weighted by Gasteiger charge is -2.07. The summed E-state index contributed by atoms with van der Waals surface area (Å²) in [7, 11) is -2.07. The number of ether oxygens (including phenoxy) is 1. The number of nitrogens with one attached hydrogen (secondary N) is 1. The maximum atomic E-state index is 11.7. The Hall–Kier alpha value is -1.11. The average molecular weight is 245 g/mol. The minimum Gasteiger partial charge on any atom is -0.507 e. The van der Waals surface area contributed by atoms with Gasteiger partial charge < -0.3 is 9.84 Å². The summed E-state index contributed by atoms with van der Waals surface area (Å²) in [5.41, 5.74) is 0. The SMILES string of the molecule is COCCCNS(=O)(=O)c1ccccc1O. The molecule has 0 aromatic heterocycles. The number of rotatable bonds is 6. The third-order valence-electron chi connectivity index (χ3n) is 1.97. The molecule has 0 saturated carbocycles. The van der Waals surface area contributed by atoms with Gasteiger partial charge in [-0.25, -0.2) is 13.1 Å². The molecule has 1 aromatic carbocycles. The Labute approximate surface area is 95.1 Å². The molecule has 0 aliphatic carbocycles. The molecular weight excluding hydrogens is 230 g/mol. The first-order chi connectivity index (χ1) is 7.58. The maximum Gasteiger partial charge on any atom is 0.244 e. The van der Waals surface area contributed by atoms with Gasteiger partial charge in [-0.3, -0.25) is 0 Å². The lowest BCUT2D eigenvalue weighted by molar-refractivity contribution is 0.196. The van der Waals surface area contributed by atoms with E-state index in [0.29, 0.717) is 13.0 Å². The number of para-hydroxylation sites is 1. The summed E-state index contributed by atoms with van der Waals surface area (Å²) in [5.74, 6) is -0.248. The van der Waals surface area contributed by atoms with E-state index in [0.717, 1.165) is 0 Å². The van der Waals surface area contributed by atoms with Crippen molar-refractivity contribution in [3.05, 3.63) is 24.3 Å². The molecule has 90 valence electrons. The van der Waals surface area contributed by atoms with Crippen LogP contribution in [0.15, 0.2) is 29.2 Å². The molecule has 0 fully saturated rings. The number of sulfonamides is 1. The van der Waals surface area contributed by atoms with Crippen LogP contribution in [0.3, 0.4) is 0 Å². The van der Waals surface area contributed by atoms with Crippen LogP contribution in [0.25, 0.3) is 0 Å². The number of benzene rings is 1. The van der Waals surface area contributed by atoms with Crippen LogP contribution in [0.4, 0.5) is 0 Å². The number of methoxy groups -OCH3 is 1. The van der Waals surface area contributed by atoms with E-state index in [-0.39, 0.29) is 17.2 Å². The van der Waals surface area contributed by atoms with E-state index >= 15 is 0 Å². The highest BCUT2D eigenvalue weighted by Crippen LogP contribution is 2.20. The molecule has 5 nitrogen and oxygen atoms in total. The molecule has 0 saturated heterocycles. The second-order valence-electron chi connectivity index (χ2n) is 3.21. The van der Waals surface area contributed by atoms with Crippen molar-refractivity contribution in [2.24, 2.45) is 0 Å². The Morgan fingerprint density at radius 1 is 1.38 bits per heavy atom. The van der Waals surface area contributed by atoms with Crippen molar-refractivity contribution in [2.75, 3.05) is 20.3 Å². The zero-order valence-corrected chi connectivity index (χ0v) is 9.83. The van der Waals surface area contributed by atoms with Gasteiger partial charge in [0.25, 0.3) is 0 Å². The van der Waals surface area contributed by atoms with Crippen molar-refractivity contribution < 1.29 is 18.3 Å². The third-order valence-corrected chi connectivity index (χ3v) is 3.48. The predicted molar refractivity (Wildman–Crippen MR) is 59.8 cm³/mol. The molecule has 2 N–H and O–H groups in total. The average Bonchev–Trinajstić information content (AvgIpc) is 2.25. The van der Waals surface area contributed by atoms with Crippen molar-refractivity contribution in [1.82, 2.24) is 4.72 Å². The summed E-state index contributed by atoms with van der Waals surface area (Å²) in [4.78, 5) is -0.104. The monoisotopic (exact) mass is 245 g/mol. The van der Waals surface area contributed by atoms with E-state index in [1.165, 1.54) is 12.1 Å². The van der Waals surface area contributed by atoms with E-state index in [4.69, 9.17) is 4.74 Å². The summed E-state index contributed by atoms with van der Waals surface area (Å²) >= 11 is 0. The molecule has 0 spiro atoms. The quantitative estimate of drug-likeness (QED) is 0.724. The normalized spacial score (nSPS) is 11.6. The van der Waals surface area contributed by atoms with Crippen LogP contribution < -0.4 is 4.72 Å². The standard InChI is InChI=1S/C10H15NO4S/c1-15-8-4-7-11-16(13,14)10-6-3-2-5-9(10)12/h2-3,5-6,11-12H,4,7-8H2,1H3. The molecule has 0 atom stereocenters. The number of phenols is 1. The van der Waals surface area contributed by atoms with Gasteiger partial charge in [0.05, 0.1) is 0 Å². The van der Waals surface area contributed by atoms with Crippen LogP contribution in [-0.2, 0) is 14.8 Å². The van der Waals surface area contributed by atoms with Gasteiger partial charge in [-0.1, -0.05) is 12.1 Å². The Balaban J connectivity index is 2.68. The molecule has 1 rings (SSSR count). The molecule has 0 bridgehead atoms. The third kappa shape index (κ3) is 3.48. The molecule has 0 radical (unpaired) electrons. The highest BCUT2D eigenvalue weighted by atomic mass is 32.2. The molecular formula is C10H15NO4S. The van der Waals surface area contributed by atoms with Gasteiger partial charge in [0.15, 0.2) is 0 Å². The van der Waals surface area contributed by atoms with Crippen LogP contribution in [0.5, 0.6) is 5.75 Å². The van der Waals surface area contributed by atoms with E-state index in [2.05, 4.69) is 4.72 Å². The van der Waals surface area contributed by atoms with Gasteiger partial charge in [0.2, 0.25) is 10.0 Å². The highest BCUT2D eigenvalue weighted by molar-refractivity contribution is 7.89. The first-order valence-electron chi connectivity index (χ1n) is 4.84. The summed E-state index contributed by atoms with van der Waals surface area (Å²) in [6.07, 6.45) is 0.587. The minimum atomic E-state index is -3.63. The fourth-order valence-corrected chi connectivity index (χ4v) is 2.35. The number of phenolic OH excluding ortho intramolecular Hbond substituents is 1. The molecule has 6 heteroatoms. The summed E-state index contributed by atoms with van der Waals surface area (Å²) < 4.78 is 30.6. The van der Waals surface area contributed by atoms with E-state index < -0.39 is 10.0 Å². The Morgan fingerprint density at radius 3 is 2.69 bits per heavy atom. The molecule has 0 unspecified atom stereocenters. The topological polar surface area (TPSA) is 75.6 Å². The number of hydrogen-bond acceptors (Lipinski definition) is 4. The van der Waals surface area contributed by atoms with Crippen molar-refractivity contribution >= 4 is 10.0 Å². The fourth-order valence-electron chi connectivity index (χ4n) is 1.19. The molecule has 0 aliphatic rings. The van der Waals surface area contributed by atoms with Gasteiger partial charge >= 0.3 is 0 Å². The van der Waals surface area contributed by atoms with Crippen LogP contribution in [0.1, 0.15) is 6.42 Å². The predicted octanol–water partition coefficient (Wildman–Crippen LogP) is 0.707. The second-order valence-corrected chi connectivity index (χ2v) is 4.95. The zero-order chi connectivity index (χ0) is 12.0. The number of hydrogen-bond donors (Lipinski definition) is 2. The van der Waals surface area contributed by atoms with Gasteiger partial charge in [0, 0.05) is 20.3 Å². The molecule has 1 aromatic rings. The van der Waals surface area contributed by atoms with E-state index in [1.807, 2.05) is 0 Å². The largest absolute Gasteiger partial charge is 0.507 e. The smallest absolute Gasteiger partial charge is 0.244 e. The second kappa shape index (κ2) is 5.83. The van der Waals surface area contributed by atoms with Gasteiger partial charge in [-0.2, -0.15) is 0 Å². The van der Waals surface area contributed by atoms with E-state index in [1.54, 1.807) is 19.2 Å². The highest BCUT2D eigenvalue weighted by Gasteiger charge is 2.16. The van der Waals surface area contributed by atoms with Crippen molar-refractivity contribution in [2.45, 2.75) is 11.3 Å². The summed E-state index contributed by atoms with van der Waals surface area (Å²) in [6.45, 7) is 0.772. The summed E-state index contributed by atoms with van der Waals surface area (Å²) in [6, 6.07) is 5.82. The Bertz CT molecular complexity index is 430. The van der Waals surface area contributed by atoms with Crippen LogP contribution in [0.2, 0.25) is 0 Å². The van der Waals surface area contributed by atoms with E-state index in [9.17, 15) is 13.5 Å². The van der Waals surface area contributed by atoms with Crippen molar-refractivity contribution in [3.8, 4) is 5.75 Å².